The molecule has 0 spiro atoms. The van der Waals surface area contributed by atoms with Crippen LogP contribution in [0.3, 0.4) is 0 Å². The molecule has 19 heavy (non-hydrogen) atoms. The summed E-state index contributed by atoms with van der Waals surface area (Å²) >= 11 is 0. The molecule has 2 rings (SSSR count). The fourth-order valence-electron chi connectivity index (χ4n) is 1.76. The van der Waals surface area contributed by atoms with Gasteiger partial charge in [-0.1, -0.05) is 24.3 Å². The van der Waals surface area contributed by atoms with Gasteiger partial charge in [-0.2, -0.15) is 4.98 Å². The van der Waals surface area contributed by atoms with Crippen molar-refractivity contribution in [2.24, 2.45) is 0 Å². The zero-order chi connectivity index (χ0) is 13.7. The summed E-state index contributed by atoms with van der Waals surface area (Å²) in [6.07, 6.45) is 0. The standard InChI is InChI=1S/C13H19N5O/c1-10-5-3-4-6-11(10)9-18-12(14)16-13(17-18)15-7-8-19-2/h3-6H,7-9H2,1-2H3,(H3,14,15,16,17). The number of anilines is 2. The van der Waals surface area contributed by atoms with Crippen molar-refractivity contribution in [3.8, 4) is 0 Å². The average Bonchev–Trinajstić information content (AvgIpc) is 2.73. The van der Waals surface area contributed by atoms with Crippen LogP contribution in [-0.2, 0) is 11.3 Å². The predicted molar refractivity (Wildman–Crippen MR) is 75.1 cm³/mol. The van der Waals surface area contributed by atoms with Crippen LogP contribution in [0, 0.1) is 6.92 Å². The number of hydrogen-bond acceptors (Lipinski definition) is 5. The van der Waals surface area contributed by atoms with E-state index in [1.165, 1.54) is 11.1 Å². The number of nitrogens with zero attached hydrogens (tertiary/aromatic N) is 3. The Morgan fingerprint density at radius 3 is 2.89 bits per heavy atom. The summed E-state index contributed by atoms with van der Waals surface area (Å²) in [5.74, 6) is 0.936. The maximum atomic E-state index is 5.86. The van der Waals surface area contributed by atoms with Gasteiger partial charge in [0.15, 0.2) is 0 Å². The van der Waals surface area contributed by atoms with Gasteiger partial charge >= 0.3 is 0 Å². The Hall–Kier alpha value is -2.08. The third-order valence-corrected chi connectivity index (χ3v) is 2.87. The molecule has 0 amide bonds. The SMILES string of the molecule is COCCNc1nc(N)n(Cc2ccccc2C)n1. The molecule has 6 heteroatoms. The van der Waals surface area contributed by atoms with Gasteiger partial charge in [-0.25, -0.2) is 4.68 Å². The molecular formula is C13H19N5O. The number of benzene rings is 1. The van der Waals surface area contributed by atoms with E-state index in [-0.39, 0.29) is 0 Å². The summed E-state index contributed by atoms with van der Waals surface area (Å²) in [7, 11) is 1.65. The van der Waals surface area contributed by atoms with Crippen LogP contribution in [0.2, 0.25) is 0 Å². The zero-order valence-electron chi connectivity index (χ0n) is 11.3. The Labute approximate surface area is 112 Å². The van der Waals surface area contributed by atoms with Gasteiger partial charge in [0, 0.05) is 13.7 Å². The summed E-state index contributed by atoms with van der Waals surface area (Å²) < 4.78 is 6.65. The van der Waals surface area contributed by atoms with E-state index in [2.05, 4.69) is 34.5 Å². The Kier molecular flexibility index (Phi) is 4.35. The maximum absolute atomic E-state index is 5.86. The van der Waals surface area contributed by atoms with Crippen molar-refractivity contribution in [1.29, 1.82) is 0 Å². The van der Waals surface area contributed by atoms with Crippen LogP contribution in [0.25, 0.3) is 0 Å². The van der Waals surface area contributed by atoms with Crippen LogP contribution in [0.4, 0.5) is 11.9 Å². The summed E-state index contributed by atoms with van der Waals surface area (Å²) in [5.41, 5.74) is 8.26. The lowest BCUT2D eigenvalue weighted by Crippen LogP contribution is -2.10. The molecule has 6 nitrogen and oxygen atoms in total. The van der Waals surface area contributed by atoms with E-state index >= 15 is 0 Å². The van der Waals surface area contributed by atoms with Gasteiger partial charge in [0.05, 0.1) is 13.2 Å². The molecule has 1 aromatic carbocycles. The minimum Gasteiger partial charge on any atom is -0.383 e. The molecule has 0 radical (unpaired) electrons. The minimum atomic E-state index is 0.406. The van der Waals surface area contributed by atoms with E-state index in [1.807, 2.05) is 12.1 Å². The molecule has 0 aliphatic carbocycles. The number of nitrogens with one attached hydrogen (secondary N) is 1. The number of hydrogen-bond donors (Lipinski definition) is 2. The topological polar surface area (TPSA) is 78.0 Å². The Morgan fingerprint density at radius 1 is 1.37 bits per heavy atom. The molecule has 1 heterocycles. The molecule has 0 saturated carbocycles. The summed E-state index contributed by atoms with van der Waals surface area (Å²) in [6.45, 7) is 3.95. The number of ether oxygens (including phenoxy) is 1. The van der Waals surface area contributed by atoms with Crippen molar-refractivity contribution in [1.82, 2.24) is 14.8 Å². The van der Waals surface area contributed by atoms with Crippen molar-refractivity contribution < 1.29 is 4.74 Å². The second kappa shape index (κ2) is 6.19. The van der Waals surface area contributed by atoms with Crippen LogP contribution >= 0.6 is 0 Å². The van der Waals surface area contributed by atoms with E-state index in [0.29, 0.717) is 31.6 Å². The van der Waals surface area contributed by atoms with Gasteiger partial charge in [0.1, 0.15) is 0 Å². The molecule has 1 aromatic heterocycles. The number of rotatable bonds is 6. The highest BCUT2D eigenvalue weighted by Crippen LogP contribution is 2.12. The van der Waals surface area contributed by atoms with Gasteiger partial charge in [-0.05, 0) is 18.1 Å². The molecule has 2 aromatic rings. The average molecular weight is 261 g/mol. The van der Waals surface area contributed by atoms with E-state index in [4.69, 9.17) is 10.5 Å². The van der Waals surface area contributed by atoms with E-state index < -0.39 is 0 Å². The van der Waals surface area contributed by atoms with Crippen LogP contribution in [0.15, 0.2) is 24.3 Å². The summed E-state index contributed by atoms with van der Waals surface area (Å²) in [4.78, 5) is 4.17. The van der Waals surface area contributed by atoms with E-state index in [9.17, 15) is 0 Å². The molecular weight excluding hydrogens is 242 g/mol. The molecule has 102 valence electrons. The largest absolute Gasteiger partial charge is 0.383 e. The van der Waals surface area contributed by atoms with Crippen LogP contribution in [0.1, 0.15) is 11.1 Å². The van der Waals surface area contributed by atoms with E-state index in [0.717, 1.165) is 0 Å². The van der Waals surface area contributed by atoms with Gasteiger partial charge in [0.2, 0.25) is 11.9 Å². The minimum absolute atomic E-state index is 0.406. The lowest BCUT2D eigenvalue weighted by Gasteiger charge is -2.06. The third-order valence-electron chi connectivity index (χ3n) is 2.87. The van der Waals surface area contributed by atoms with Crippen molar-refractivity contribution >= 4 is 11.9 Å². The van der Waals surface area contributed by atoms with Crippen molar-refractivity contribution in [3.63, 3.8) is 0 Å². The molecule has 0 atom stereocenters. The van der Waals surface area contributed by atoms with Crippen molar-refractivity contribution in [2.45, 2.75) is 13.5 Å². The first-order chi connectivity index (χ1) is 9.20. The highest BCUT2D eigenvalue weighted by atomic mass is 16.5. The molecule has 0 bridgehead atoms. The fraction of sp³-hybridized carbons (Fsp3) is 0.385. The number of methoxy groups -OCH3 is 1. The van der Waals surface area contributed by atoms with Gasteiger partial charge in [0.25, 0.3) is 0 Å². The van der Waals surface area contributed by atoms with Crippen LogP contribution in [0.5, 0.6) is 0 Å². The Bertz CT molecular complexity index is 538. The zero-order valence-corrected chi connectivity index (χ0v) is 11.3. The first-order valence-electron chi connectivity index (χ1n) is 6.18. The summed E-state index contributed by atoms with van der Waals surface area (Å²) in [6, 6.07) is 8.16. The van der Waals surface area contributed by atoms with Crippen LogP contribution in [-0.4, -0.2) is 35.0 Å². The molecule has 0 aliphatic heterocycles. The number of nitrogen functional groups attached to an aromatic ring is 1. The smallest absolute Gasteiger partial charge is 0.244 e. The Morgan fingerprint density at radius 2 is 2.16 bits per heavy atom. The second-order valence-corrected chi connectivity index (χ2v) is 4.30. The highest BCUT2D eigenvalue weighted by Gasteiger charge is 2.07. The van der Waals surface area contributed by atoms with Crippen LogP contribution < -0.4 is 11.1 Å². The quantitative estimate of drug-likeness (QED) is 0.766. The number of aryl methyl sites for hydroxylation is 1. The molecule has 0 saturated heterocycles. The highest BCUT2D eigenvalue weighted by molar-refractivity contribution is 5.33. The lowest BCUT2D eigenvalue weighted by atomic mass is 10.1. The molecule has 0 unspecified atom stereocenters. The summed E-state index contributed by atoms with van der Waals surface area (Å²) in [5, 5.41) is 7.39. The van der Waals surface area contributed by atoms with Crippen molar-refractivity contribution in [3.05, 3.63) is 35.4 Å². The normalized spacial score (nSPS) is 10.6. The Balaban J connectivity index is 2.06. The van der Waals surface area contributed by atoms with E-state index in [1.54, 1.807) is 11.8 Å². The molecule has 3 N–H and O–H groups in total. The lowest BCUT2D eigenvalue weighted by molar-refractivity contribution is 0.210. The van der Waals surface area contributed by atoms with Gasteiger partial charge in [-0.3, -0.25) is 0 Å². The van der Waals surface area contributed by atoms with Crippen molar-refractivity contribution in [2.75, 3.05) is 31.3 Å². The first kappa shape index (κ1) is 13.4. The third kappa shape index (κ3) is 3.45. The fourth-order valence-corrected chi connectivity index (χ4v) is 1.76. The molecule has 0 fully saturated rings. The predicted octanol–water partition coefficient (Wildman–Crippen LogP) is 1.28. The number of nitrogens with two attached hydrogens (primary N) is 1. The first-order valence-corrected chi connectivity index (χ1v) is 6.18. The molecule has 0 aliphatic rings. The second-order valence-electron chi connectivity index (χ2n) is 4.30. The van der Waals surface area contributed by atoms with Gasteiger partial charge < -0.3 is 15.8 Å². The monoisotopic (exact) mass is 261 g/mol. The number of aromatic nitrogens is 3. The van der Waals surface area contributed by atoms with Gasteiger partial charge in [-0.15, -0.1) is 5.10 Å². The maximum Gasteiger partial charge on any atom is 0.244 e.